The van der Waals surface area contributed by atoms with Crippen molar-refractivity contribution in [2.24, 2.45) is 0 Å². The highest BCUT2D eigenvalue weighted by Gasteiger charge is 2.15. The Labute approximate surface area is 169 Å². The lowest BCUT2D eigenvalue weighted by Crippen LogP contribution is -2.24. The van der Waals surface area contributed by atoms with Crippen molar-refractivity contribution in [3.05, 3.63) is 42.9 Å². The maximum atomic E-state index is 4.96. The Hall–Kier alpha value is -3.22. The molecule has 0 aliphatic carbocycles. The van der Waals surface area contributed by atoms with E-state index in [2.05, 4.69) is 50.3 Å². The second kappa shape index (κ2) is 7.66. The molecule has 7 heteroatoms. The molecule has 0 aromatic carbocycles. The van der Waals surface area contributed by atoms with Crippen molar-refractivity contribution in [3.63, 3.8) is 0 Å². The molecule has 1 aliphatic rings. The normalized spacial score (nSPS) is 15.0. The fourth-order valence-corrected chi connectivity index (χ4v) is 3.97. The Morgan fingerprint density at radius 1 is 1.03 bits per heavy atom. The topological polar surface area (TPSA) is 75.5 Å². The van der Waals surface area contributed by atoms with Crippen LogP contribution in [0.2, 0.25) is 0 Å². The molecule has 0 bridgehead atoms. The molecule has 1 aliphatic heterocycles. The van der Waals surface area contributed by atoms with Crippen molar-refractivity contribution in [3.8, 4) is 22.6 Å². The average molecular weight is 387 g/mol. The second-order valence-corrected chi connectivity index (χ2v) is 7.55. The molecule has 0 unspecified atom stereocenters. The van der Waals surface area contributed by atoms with Gasteiger partial charge in [0.15, 0.2) is 0 Å². The Morgan fingerprint density at radius 3 is 2.69 bits per heavy atom. The van der Waals surface area contributed by atoms with Crippen LogP contribution in [0.4, 0.5) is 5.82 Å². The first kappa shape index (κ1) is 17.8. The summed E-state index contributed by atoms with van der Waals surface area (Å²) in [6, 6.07) is 8.30. The molecule has 4 aromatic heterocycles. The van der Waals surface area contributed by atoms with Gasteiger partial charge in [-0.3, -0.25) is 14.8 Å². The molecule has 0 atom stereocenters. The molecule has 5 heterocycles. The van der Waals surface area contributed by atoms with Crippen LogP contribution in [0.15, 0.2) is 42.9 Å². The van der Waals surface area contributed by atoms with Gasteiger partial charge in [-0.25, -0.2) is 4.98 Å². The molecule has 1 saturated heterocycles. The van der Waals surface area contributed by atoms with Crippen molar-refractivity contribution in [2.45, 2.75) is 39.2 Å². The van der Waals surface area contributed by atoms with Crippen molar-refractivity contribution in [1.29, 1.82) is 0 Å². The van der Waals surface area contributed by atoms with Crippen LogP contribution in [-0.4, -0.2) is 43.0 Å². The van der Waals surface area contributed by atoms with E-state index in [-0.39, 0.29) is 0 Å². The van der Waals surface area contributed by atoms with Gasteiger partial charge >= 0.3 is 0 Å². The summed E-state index contributed by atoms with van der Waals surface area (Å²) in [6.07, 6.45) is 10.8. The number of rotatable bonds is 4. The molecule has 5 rings (SSSR count). The van der Waals surface area contributed by atoms with Crippen LogP contribution in [0.5, 0.6) is 0 Å². The van der Waals surface area contributed by atoms with Gasteiger partial charge in [0.2, 0.25) is 0 Å². The van der Waals surface area contributed by atoms with Crippen LogP contribution < -0.4 is 4.90 Å². The summed E-state index contributed by atoms with van der Waals surface area (Å²) in [4.78, 5) is 11.9. The largest absolute Gasteiger partial charge is 0.357 e. The third kappa shape index (κ3) is 3.48. The van der Waals surface area contributed by atoms with E-state index in [1.54, 1.807) is 0 Å². The van der Waals surface area contributed by atoms with Gasteiger partial charge in [-0.2, -0.15) is 10.2 Å². The van der Waals surface area contributed by atoms with Gasteiger partial charge < -0.3 is 4.90 Å². The van der Waals surface area contributed by atoms with Gasteiger partial charge in [-0.1, -0.05) is 18.9 Å². The number of aryl methyl sites for hydroxylation is 1. The summed E-state index contributed by atoms with van der Waals surface area (Å²) in [5.41, 5.74) is 4.56. The Kier molecular flexibility index (Phi) is 4.71. The van der Waals surface area contributed by atoms with Crippen LogP contribution in [0.1, 0.15) is 32.6 Å². The lowest BCUT2D eigenvalue weighted by molar-refractivity contribution is 0.660. The third-order valence-corrected chi connectivity index (χ3v) is 5.61. The molecule has 0 amide bonds. The maximum Gasteiger partial charge on any atom is 0.129 e. The summed E-state index contributed by atoms with van der Waals surface area (Å²) in [7, 11) is 0. The van der Waals surface area contributed by atoms with E-state index in [9.17, 15) is 0 Å². The molecular weight excluding hydrogens is 362 g/mol. The van der Waals surface area contributed by atoms with Crippen LogP contribution in [0, 0.1) is 0 Å². The Balaban J connectivity index is 1.53. The zero-order valence-electron chi connectivity index (χ0n) is 16.7. The number of fused-ring (bicyclic) bond motifs is 1. The van der Waals surface area contributed by atoms with E-state index in [0.29, 0.717) is 0 Å². The molecule has 29 heavy (non-hydrogen) atoms. The smallest absolute Gasteiger partial charge is 0.129 e. The molecular formula is C22H25N7. The summed E-state index contributed by atoms with van der Waals surface area (Å²) < 4.78 is 1.91. The van der Waals surface area contributed by atoms with E-state index in [4.69, 9.17) is 4.98 Å². The molecule has 148 valence electrons. The number of H-pyrrole nitrogens is 1. The van der Waals surface area contributed by atoms with Gasteiger partial charge in [0.1, 0.15) is 11.5 Å². The number of nitrogens with one attached hydrogen (secondary N) is 1. The zero-order valence-corrected chi connectivity index (χ0v) is 16.7. The maximum absolute atomic E-state index is 4.96. The molecule has 1 N–H and O–H groups in total. The molecule has 1 fully saturated rings. The van der Waals surface area contributed by atoms with Gasteiger partial charge in [-0.15, -0.1) is 0 Å². The van der Waals surface area contributed by atoms with Gasteiger partial charge in [-0.05, 0) is 38.0 Å². The fourth-order valence-electron chi connectivity index (χ4n) is 3.97. The van der Waals surface area contributed by atoms with Gasteiger partial charge in [0, 0.05) is 36.8 Å². The van der Waals surface area contributed by atoms with Crippen LogP contribution in [0.3, 0.4) is 0 Å². The number of hydrogen-bond acceptors (Lipinski definition) is 5. The average Bonchev–Trinajstić information content (AvgIpc) is 3.32. The summed E-state index contributed by atoms with van der Waals surface area (Å²) in [5.74, 6) is 1.04. The van der Waals surface area contributed by atoms with E-state index in [1.165, 1.54) is 25.7 Å². The van der Waals surface area contributed by atoms with E-state index >= 15 is 0 Å². The Morgan fingerprint density at radius 2 is 1.90 bits per heavy atom. The number of hydrogen-bond donors (Lipinski definition) is 1. The van der Waals surface area contributed by atoms with Gasteiger partial charge in [0.25, 0.3) is 0 Å². The lowest BCUT2D eigenvalue weighted by Gasteiger charge is -2.21. The Bertz CT molecular complexity index is 1120. The lowest BCUT2D eigenvalue weighted by atomic mass is 10.1. The van der Waals surface area contributed by atoms with Crippen LogP contribution in [0.25, 0.3) is 33.5 Å². The van der Waals surface area contributed by atoms with Crippen LogP contribution in [-0.2, 0) is 6.54 Å². The second-order valence-electron chi connectivity index (χ2n) is 7.55. The summed E-state index contributed by atoms with van der Waals surface area (Å²) >= 11 is 0. The minimum Gasteiger partial charge on any atom is -0.357 e. The van der Waals surface area contributed by atoms with Crippen molar-refractivity contribution in [2.75, 3.05) is 18.0 Å². The highest BCUT2D eigenvalue weighted by Crippen LogP contribution is 2.29. The summed E-state index contributed by atoms with van der Waals surface area (Å²) in [6.45, 7) is 5.07. The molecule has 0 spiro atoms. The molecule has 4 aromatic rings. The van der Waals surface area contributed by atoms with Crippen molar-refractivity contribution in [1.82, 2.24) is 29.9 Å². The number of aromatic amines is 1. The predicted molar refractivity (Wildman–Crippen MR) is 115 cm³/mol. The summed E-state index contributed by atoms with van der Waals surface area (Å²) in [5, 5.41) is 13.1. The van der Waals surface area contributed by atoms with Crippen molar-refractivity contribution < 1.29 is 0 Å². The quantitative estimate of drug-likeness (QED) is 0.565. The van der Waals surface area contributed by atoms with E-state index in [0.717, 1.165) is 59.0 Å². The first-order chi connectivity index (χ1) is 14.3. The number of pyridine rings is 2. The van der Waals surface area contributed by atoms with E-state index < -0.39 is 0 Å². The number of aromatic nitrogens is 6. The molecule has 0 radical (unpaired) electrons. The first-order valence-electron chi connectivity index (χ1n) is 10.4. The first-order valence-corrected chi connectivity index (χ1v) is 10.4. The highest BCUT2D eigenvalue weighted by molar-refractivity contribution is 5.93. The predicted octanol–water partition coefficient (Wildman–Crippen LogP) is 4.28. The number of nitrogens with zero attached hydrogens (tertiary/aromatic N) is 6. The zero-order chi connectivity index (χ0) is 19.6. The number of anilines is 1. The van der Waals surface area contributed by atoms with Crippen molar-refractivity contribution >= 4 is 16.7 Å². The third-order valence-electron chi connectivity index (χ3n) is 5.61. The SMILES string of the molecule is CCn1cc(-c2cc3c(-c4cccc(N5CCCCCC5)n4)n[nH]c3cn2)cn1. The molecule has 7 nitrogen and oxygen atoms in total. The molecule has 0 saturated carbocycles. The van der Waals surface area contributed by atoms with Crippen LogP contribution >= 0.6 is 0 Å². The van der Waals surface area contributed by atoms with E-state index in [1.807, 2.05) is 29.3 Å². The monoisotopic (exact) mass is 387 g/mol. The standard InChI is InChI=1S/C22H25N7/c1-2-29-15-16(13-24-29)19-12-17-20(14-23-19)26-27-22(17)18-8-7-9-21(25-18)28-10-5-3-4-6-11-28/h7-9,12-15H,2-6,10-11H2,1H3,(H,26,27). The van der Waals surface area contributed by atoms with Gasteiger partial charge in [0.05, 0.1) is 29.3 Å². The highest BCUT2D eigenvalue weighted by atomic mass is 15.3. The minimum absolute atomic E-state index is 0.840. The fraction of sp³-hybridized carbons (Fsp3) is 0.364. The minimum atomic E-state index is 0.840.